The van der Waals surface area contributed by atoms with Crippen molar-refractivity contribution in [3.8, 4) is 11.8 Å². The van der Waals surface area contributed by atoms with E-state index in [-0.39, 0.29) is 0 Å². The van der Waals surface area contributed by atoms with E-state index in [2.05, 4.69) is 6.07 Å². The van der Waals surface area contributed by atoms with Gasteiger partial charge in [-0.15, -0.1) is 0 Å². The van der Waals surface area contributed by atoms with E-state index in [0.29, 0.717) is 6.42 Å². The first kappa shape index (κ1) is 10.0. The van der Waals surface area contributed by atoms with Gasteiger partial charge in [0.25, 0.3) is 0 Å². The summed E-state index contributed by atoms with van der Waals surface area (Å²) in [7, 11) is 0. The lowest BCUT2D eigenvalue weighted by Crippen LogP contribution is -2.56. The van der Waals surface area contributed by atoms with Gasteiger partial charge in [-0.05, 0) is 19.4 Å². The Balaban J connectivity index is 2.64. The number of benzene rings is 1. The van der Waals surface area contributed by atoms with Gasteiger partial charge >= 0.3 is 0 Å². The molecule has 0 amide bonds. The molecule has 2 rings (SSSR count). The van der Waals surface area contributed by atoms with E-state index < -0.39 is 11.1 Å². The normalized spacial score (nSPS) is 32.9. The Morgan fingerprint density at radius 1 is 1.47 bits per heavy atom. The number of nitrogens with zero attached hydrogens (tertiary/aromatic N) is 1. The quantitative estimate of drug-likeness (QED) is 0.756. The van der Waals surface area contributed by atoms with E-state index in [0.717, 1.165) is 11.3 Å². The zero-order valence-corrected chi connectivity index (χ0v) is 8.95. The second-order valence-corrected chi connectivity index (χ2v) is 4.08. The molecule has 2 unspecified atom stereocenters. The zero-order chi connectivity index (χ0) is 11.1. The minimum absolute atomic E-state index is 0.603. The van der Waals surface area contributed by atoms with Crippen LogP contribution in [0.5, 0.6) is 5.75 Å². The van der Waals surface area contributed by atoms with Crippen molar-refractivity contribution in [2.75, 3.05) is 0 Å². The first-order valence-electron chi connectivity index (χ1n) is 5.06. The maximum absolute atomic E-state index is 9.33. The largest absolute Gasteiger partial charge is 0.471 e. The van der Waals surface area contributed by atoms with Gasteiger partial charge < -0.3 is 4.74 Å². The zero-order valence-electron chi connectivity index (χ0n) is 8.95. The summed E-state index contributed by atoms with van der Waals surface area (Å²) in [6, 6.07) is 9.84. The van der Waals surface area contributed by atoms with Crippen molar-refractivity contribution in [3.05, 3.63) is 29.8 Å². The van der Waals surface area contributed by atoms with Crippen LogP contribution in [0.2, 0.25) is 0 Å². The van der Waals surface area contributed by atoms with Gasteiger partial charge in [0.1, 0.15) is 11.2 Å². The van der Waals surface area contributed by atoms with Crippen molar-refractivity contribution in [2.45, 2.75) is 31.4 Å². The average molecular weight is 202 g/mol. The maximum atomic E-state index is 9.33. The topological polar surface area (TPSA) is 59.0 Å². The van der Waals surface area contributed by atoms with E-state index in [9.17, 15) is 5.26 Å². The monoisotopic (exact) mass is 202 g/mol. The van der Waals surface area contributed by atoms with Gasteiger partial charge in [0.2, 0.25) is 0 Å². The highest BCUT2D eigenvalue weighted by Crippen LogP contribution is 2.47. The van der Waals surface area contributed by atoms with Gasteiger partial charge in [0.15, 0.2) is 5.72 Å². The van der Waals surface area contributed by atoms with Crippen LogP contribution in [0.3, 0.4) is 0 Å². The fourth-order valence-electron chi connectivity index (χ4n) is 2.08. The molecule has 3 nitrogen and oxygen atoms in total. The molecule has 0 bridgehead atoms. The number of hydrogen-bond donors (Lipinski definition) is 1. The average Bonchev–Trinajstić information content (AvgIpc) is 2.50. The van der Waals surface area contributed by atoms with Crippen LogP contribution in [0.4, 0.5) is 0 Å². The molecule has 0 fully saturated rings. The van der Waals surface area contributed by atoms with Gasteiger partial charge in [-0.1, -0.05) is 25.1 Å². The molecule has 3 heteroatoms. The summed E-state index contributed by atoms with van der Waals surface area (Å²) >= 11 is 0. The number of fused-ring (bicyclic) bond motifs is 1. The molecule has 0 aliphatic carbocycles. The maximum Gasteiger partial charge on any atom is 0.180 e. The van der Waals surface area contributed by atoms with Crippen molar-refractivity contribution in [2.24, 2.45) is 5.73 Å². The Bertz CT molecular complexity index is 437. The fraction of sp³-hybridized carbons (Fsp3) is 0.417. The predicted octanol–water partition coefficient (Wildman–Crippen LogP) is 1.93. The Morgan fingerprint density at radius 2 is 2.13 bits per heavy atom. The molecule has 15 heavy (non-hydrogen) atoms. The van der Waals surface area contributed by atoms with Crippen molar-refractivity contribution in [1.82, 2.24) is 0 Å². The second-order valence-electron chi connectivity index (χ2n) is 4.08. The van der Waals surface area contributed by atoms with Gasteiger partial charge in [-0.25, -0.2) is 0 Å². The second kappa shape index (κ2) is 2.98. The molecule has 1 aromatic carbocycles. The molecule has 0 spiro atoms. The highest BCUT2D eigenvalue weighted by molar-refractivity contribution is 5.50. The summed E-state index contributed by atoms with van der Waals surface area (Å²) in [6.07, 6.45) is 0.603. The molecule has 1 aliphatic heterocycles. The Kier molecular flexibility index (Phi) is 1.99. The Labute approximate surface area is 89.5 Å². The van der Waals surface area contributed by atoms with E-state index in [4.69, 9.17) is 10.5 Å². The minimum atomic E-state index is -0.911. The number of rotatable bonds is 1. The number of nitriles is 1. The number of hydrogen-bond acceptors (Lipinski definition) is 3. The third-order valence-corrected chi connectivity index (χ3v) is 3.31. The van der Waals surface area contributed by atoms with Gasteiger partial charge in [-0.2, -0.15) is 5.26 Å². The SMILES string of the molecule is CCC1(N)Oc2ccccc2C1(C)C#N. The molecule has 1 aliphatic rings. The van der Waals surface area contributed by atoms with E-state index in [1.807, 2.05) is 38.1 Å². The van der Waals surface area contributed by atoms with Crippen molar-refractivity contribution >= 4 is 0 Å². The van der Waals surface area contributed by atoms with Crippen LogP contribution in [-0.4, -0.2) is 5.72 Å². The van der Waals surface area contributed by atoms with Crippen molar-refractivity contribution in [3.63, 3.8) is 0 Å². The number of ether oxygens (including phenoxy) is 1. The lowest BCUT2D eigenvalue weighted by molar-refractivity contribution is 0.0497. The molecule has 2 N–H and O–H groups in total. The fourth-order valence-corrected chi connectivity index (χ4v) is 2.08. The van der Waals surface area contributed by atoms with Crippen LogP contribution < -0.4 is 10.5 Å². The third kappa shape index (κ3) is 1.09. The molecule has 78 valence electrons. The summed E-state index contributed by atoms with van der Waals surface area (Å²) < 4.78 is 5.71. The summed E-state index contributed by atoms with van der Waals surface area (Å²) in [5.41, 5.74) is 5.36. The van der Waals surface area contributed by atoms with E-state index >= 15 is 0 Å². The van der Waals surface area contributed by atoms with Crippen LogP contribution in [0.15, 0.2) is 24.3 Å². The molecule has 0 saturated heterocycles. The predicted molar refractivity (Wildman–Crippen MR) is 57.2 cm³/mol. The molecule has 0 radical (unpaired) electrons. The first-order valence-corrected chi connectivity index (χ1v) is 5.06. The van der Waals surface area contributed by atoms with Crippen LogP contribution in [0.1, 0.15) is 25.8 Å². The van der Waals surface area contributed by atoms with Crippen LogP contribution in [0, 0.1) is 11.3 Å². The van der Waals surface area contributed by atoms with Crippen molar-refractivity contribution in [1.29, 1.82) is 5.26 Å². The summed E-state index contributed by atoms with van der Waals surface area (Å²) in [6.45, 7) is 3.77. The highest BCUT2D eigenvalue weighted by Gasteiger charge is 2.54. The van der Waals surface area contributed by atoms with Crippen molar-refractivity contribution < 1.29 is 4.74 Å². The molecular formula is C12H14N2O. The standard InChI is InChI=1S/C12H14N2O/c1-3-12(14)11(2,8-13)9-6-4-5-7-10(9)15-12/h4-7H,3,14H2,1-2H3. The smallest absolute Gasteiger partial charge is 0.180 e. The Hall–Kier alpha value is -1.53. The van der Waals surface area contributed by atoms with Crippen LogP contribution >= 0.6 is 0 Å². The lowest BCUT2D eigenvalue weighted by Gasteiger charge is -2.33. The van der Waals surface area contributed by atoms with Gasteiger partial charge in [0, 0.05) is 5.56 Å². The lowest BCUT2D eigenvalue weighted by atomic mass is 9.75. The third-order valence-electron chi connectivity index (χ3n) is 3.31. The first-order chi connectivity index (χ1) is 7.07. The summed E-state index contributed by atoms with van der Waals surface area (Å²) in [5, 5.41) is 9.33. The van der Waals surface area contributed by atoms with E-state index in [1.54, 1.807) is 0 Å². The van der Waals surface area contributed by atoms with Gasteiger partial charge in [0.05, 0.1) is 6.07 Å². The summed E-state index contributed by atoms with van der Waals surface area (Å²) in [5.74, 6) is 0.728. The molecule has 1 aromatic rings. The molecule has 0 aromatic heterocycles. The highest BCUT2D eigenvalue weighted by atomic mass is 16.5. The molecule has 0 saturated carbocycles. The Morgan fingerprint density at radius 3 is 2.73 bits per heavy atom. The molecular weight excluding hydrogens is 188 g/mol. The van der Waals surface area contributed by atoms with E-state index in [1.165, 1.54) is 0 Å². The summed E-state index contributed by atoms with van der Waals surface area (Å²) in [4.78, 5) is 0. The molecule has 2 atom stereocenters. The molecule has 1 heterocycles. The van der Waals surface area contributed by atoms with Crippen LogP contribution in [-0.2, 0) is 5.41 Å². The minimum Gasteiger partial charge on any atom is -0.471 e. The van der Waals surface area contributed by atoms with Gasteiger partial charge in [-0.3, -0.25) is 5.73 Å². The number of para-hydroxylation sites is 1. The van der Waals surface area contributed by atoms with Crippen LogP contribution in [0.25, 0.3) is 0 Å². The number of nitrogens with two attached hydrogens (primary N) is 1.